The summed E-state index contributed by atoms with van der Waals surface area (Å²) in [6.45, 7) is 3.88. The summed E-state index contributed by atoms with van der Waals surface area (Å²) in [6, 6.07) is 2.55. The molecule has 1 aromatic carbocycles. The quantitative estimate of drug-likeness (QED) is 0.865. The minimum atomic E-state index is -0.931. The number of fused-ring (bicyclic) bond motifs is 1. The van der Waals surface area contributed by atoms with Crippen molar-refractivity contribution in [1.82, 2.24) is 9.97 Å². The van der Waals surface area contributed by atoms with E-state index in [9.17, 15) is 8.78 Å². The third kappa shape index (κ3) is 1.80. The first kappa shape index (κ1) is 12.0. The Balaban J connectivity index is 2.63. The smallest absolute Gasteiger partial charge is 0.186 e. The van der Waals surface area contributed by atoms with Crippen LogP contribution in [-0.2, 0) is 5.54 Å². The van der Waals surface area contributed by atoms with E-state index < -0.39 is 17.2 Å². The van der Waals surface area contributed by atoms with Gasteiger partial charge in [0.25, 0.3) is 0 Å². The molecule has 0 saturated carbocycles. The van der Waals surface area contributed by atoms with Gasteiger partial charge in [-0.15, -0.1) is 0 Å². The van der Waals surface area contributed by atoms with Crippen LogP contribution in [0.2, 0.25) is 0 Å². The molecule has 0 aliphatic rings. The van der Waals surface area contributed by atoms with E-state index in [0.717, 1.165) is 6.07 Å². The van der Waals surface area contributed by atoms with Crippen LogP contribution in [0.5, 0.6) is 0 Å². The zero-order valence-corrected chi connectivity index (χ0v) is 9.85. The molecule has 2 rings (SSSR count). The van der Waals surface area contributed by atoms with Gasteiger partial charge in [-0.05, 0) is 25.0 Å². The van der Waals surface area contributed by atoms with Gasteiger partial charge in [0.1, 0.15) is 11.3 Å². The van der Waals surface area contributed by atoms with E-state index in [-0.39, 0.29) is 5.52 Å². The third-order valence-corrected chi connectivity index (χ3v) is 3.28. The van der Waals surface area contributed by atoms with Crippen molar-refractivity contribution in [3.05, 3.63) is 29.6 Å². The molecule has 1 heterocycles. The summed E-state index contributed by atoms with van der Waals surface area (Å²) >= 11 is 0. The number of hydrogen-bond donors (Lipinski definition) is 2. The molecule has 17 heavy (non-hydrogen) atoms. The Kier molecular flexibility index (Phi) is 2.87. The summed E-state index contributed by atoms with van der Waals surface area (Å²) in [5, 5.41) is 0. The second kappa shape index (κ2) is 4.07. The van der Waals surface area contributed by atoms with Crippen LogP contribution < -0.4 is 5.73 Å². The van der Waals surface area contributed by atoms with E-state index in [1.807, 2.05) is 13.8 Å². The SMILES string of the molecule is CCC(N)(CC)c1nc2c(F)c(F)ccc2[nH]1. The molecule has 0 radical (unpaired) electrons. The Labute approximate surface area is 98.0 Å². The lowest BCUT2D eigenvalue weighted by Gasteiger charge is -2.23. The summed E-state index contributed by atoms with van der Waals surface area (Å²) < 4.78 is 26.6. The molecular weight excluding hydrogens is 224 g/mol. The number of hydrogen-bond acceptors (Lipinski definition) is 2. The molecule has 3 nitrogen and oxygen atoms in total. The minimum Gasteiger partial charge on any atom is -0.340 e. The van der Waals surface area contributed by atoms with Gasteiger partial charge in [0.2, 0.25) is 0 Å². The molecule has 2 aromatic rings. The van der Waals surface area contributed by atoms with Crippen molar-refractivity contribution in [2.45, 2.75) is 32.2 Å². The molecular formula is C12H15F2N3. The van der Waals surface area contributed by atoms with Crippen molar-refractivity contribution in [3.8, 4) is 0 Å². The number of rotatable bonds is 3. The summed E-state index contributed by atoms with van der Waals surface area (Å²) in [7, 11) is 0. The normalized spacial score (nSPS) is 12.3. The lowest BCUT2D eigenvalue weighted by molar-refractivity contribution is 0.391. The van der Waals surface area contributed by atoms with Gasteiger partial charge in [-0.3, -0.25) is 0 Å². The van der Waals surface area contributed by atoms with E-state index in [1.54, 1.807) is 0 Å². The summed E-state index contributed by atoms with van der Waals surface area (Å²) in [5.41, 5.74) is 6.02. The summed E-state index contributed by atoms with van der Waals surface area (Å²) in [6.07, 6.45) is 1.35. The molecule has 0 bridgehead atoms. The molecule has 0 unspecified atom stereocenters. The first-order chi connectivity index (χ1) is 8.01. The van der Waals surface area contributed by atoms with Crippen LogP contribution in [0.1, 0.15) is 32.5 Å². The van der Waals surface area contributed by atoms with Crippen molar-refractivity contribution in [3.63, 3.8) is 0 Å². The van der Waals surface area contributed by atoms with Crippen LogP contribution >= 0.6 is 0 Å². The van der Waals surface area contributed by atoms with Crippen LogP contribution in [0.15, 0.2) is 12.1 Å². The average molecular weight is 239 g/mol. The van der Waals surface area contributed by atoms with Crippen LogP contribution in [0, 0.1) is 11.6 Å². The molecule has 0 saturated heterocycles. The second-order valence-electron chi connectivity index (χ2n) is 4.21. The van der Waals surface area contributed by atoms with E-state index in [4.69, 9.17) is 5.73 Å². The molecule has 0 atom stereocenters. The largest absolute Gasteiger partial charge is 0.340 e. The van der Waals surface area contributed by atoms with Crippen molar-refractivity contribution < 1.29 is 8.78 Å². The van der Waals surface area contributed by atoms with Gasteiger partial charge in [0, 0.05) is 0 Å². The Morgan fingerprint density at radius 2 is 1.94 bits per heavy atom. The van der Waals surface area contributed by atoms with Crippen molar-refractivity contribution in [2.75, 3.05) is 0 Å². The number of nitrogens with zero attached hydrogens (tertiary/aromatic N) is 1. The highest BCUT2D eigenvalue weighted by Gasteiger charge is 2.27. The van der Waals surface area contributed by atoms with E-state index in [1.165, 1.54) is 6.07 Å². The molecule has 0 aliphatic carbocycles. The minimum absolute atomic E-state index is 0.0109. The van der Waals surface area contributed by atoms with Gasteiger partial charge in [0.05, 0.1) is 11.1 Å². The summed E-state index contributed by atoms with van der Waals surface area (Å²) in [4.78, 5) is 7.05. The maximum atomic E-state index is 13.5. The molecule has 1 aromatic heterocycles. The third-order valence-electron chi connectivity index (χ3n) is 3.28. The fraction of sp³-hybridized carbons (Fsp3) is 0.417. The predicted molar refractivity (Wildman–Crippen MR) is 62.5 cm³/mol. The average Bonchev–Trinajstić information content (AvgIpc) is 2.78. The highest BCUT2D eigenvalue weighted by atomic mass is 19.2. The van der Waals surface area contributed by atoms with Crippen LogP contribution in [0.25, 0.3) is 11.0 Å². The number of nitrogens with one attached hydrogen (secondary N) is 1. The maximum absolute atomic E-state index is 13.5. The molecule has 0 aliphatic heterocycles. The number of halogens is 2. The van der Waals surface area contributed by atoms with Crippen molar-refractivity contribution >= 4 is 11.0 Å². The molecule has 0 amide bonds. The Morgan fingerprint density at radius 1 is 1.29 bits per heavy atom. The summed E-state index contributed by atoms with van der Waals surface area (Å²) in [5.74, 6) is -1.33. The highest BCUT2D eigenvalue weighted by Crippen LogP contribution is 2.26. The number of nitrogens with two attached hydrogens (primary N) is 1. The van der Waals surface area contributed by atoms with E-state index in [2.05, 4.69) is 9.97 Å². The monoisotopic (exact) mass is 239 g/mol. The van der Waals surface area contributed by atoms with E-state index in [0.29, 0.717) is 24.2 Å². The topological polar surface area (TPSA) is 54.7 Å². The fourth-order valence-corrected chi connectivity index (χ4v) is 1.84. The van der Waals surface area contributed by atoms with Crippen molar-refractivity contribution in [2.24, 2.45) is 5.73 Å². The number of aromatic amines is 1. The number of aromatic nitrogens is 2. The van der Waals surface area contributed by atoms with Gasteiger partial charge in [-0.1, -0.05) is 13.8 Å². The van der Waals surface area contributed by atoms with E-state index >= 15 is 0 Å². The van der Waals surface area contributed by atoms with Gasteiger partial charge in [0.15, 0.2) is 11.6 Å². The lowest BCUT2D eigenvalue weighted by atomic mass is 9.93. The van der Waals surface area contributed by atoms with Gasteiger partial charge in [-0.25, -0.2) is 13.8 Å². The van der Waals surface area contributed by atoms with Gasteiger partial charge >= 0.3 is 0 Å². The molecule has 5 heteroatoms. The number of H-pyrrole nitrogens is 1. The molecule has 0 fully saturated rings. The maximum Gasteiger partial charge on any atom is 0.186 e. The standard InChI is InChI=1S/C12H15F2N3/c1-3-12(15,4-2)11-16-8-6-5-7(13)9(14)10(8)17-11/h5-6H,3-4,15H2,1-2H3,(H,16,17). The molecule has 3 N–H and O–H groups in total. The van der Waals surface area contributed by atoms with Gasteiger partial charge in [-0.2, -0.15) is 0 Å². The van der Waals surface area contributed by atoms with Crippen LogP contribution in [0.4, 0.5) is 8.78 Å². The first-order valence-corrected chi connectivity index (χ1v) is 5.65. The molecule has 0 spiro atoms. The first-order valence-electron chi connectivity index (χ1n) is 5.65. The fourth-order valence-electron chi connectivity index (χ4n) is 1.84. The second-order valence-corrected chi connectivity index (χ2v) is 4.21. The van der Waals surface area contributed by atoms with Crippen molar-refractivity contribution in [1.29, 1.82) is 0 Å². The van der Waals surface area contributed by atoms with Crippen LogP contribution in [0.3, 0.4) is 0 Å². The highest BCUT2D eigenvalue weighted by molar-refractivity contribution is 5.76. The van der Waals surface area contributed by atoms with Gasteiger partial charge < -0.3 is 10.7 Å². The Hall–Kier alpha value is -1.49. The lowest BCUT2D eigenvalue weighted by Crippen LogP contribution is -2.36. The Bertz CT molecular complexity index is 544. The number of imidazole rings is 1. The number of benzene rings is 1. The predicted octanol–water partition coefficient (Wildman–Crippen LogP) is 2.82. The zero-order valence-electron chi connectivity index (χ0n) is 9.85. The van der Waals surface area contributed by atoms with Crippen LogP contribution in [-0.4, -0.2) is 9.97 Å². The zero-order chi connectivity index (χ0) is 12.6. The molecule has 92 valence electrons. The Morgan fingerprint density at radius 3 is 2.53 bits per heavy atom.